The molecule has 0 aliphatic carbocycles. The molecule has 2 aromatic rings. The molecule has 0 radical (unpaired) electrons. The van der Waals surface area contributed by atoms with Crippen molar-refractivity contribution in [3.05, 3.63) is 46.1 Å². The van der Waals surface area contributed by atoms with Crippen LogP contribution in [0.3, 0.4) is 0 Å². The molecule has 22 heavy (non-hydrogen) atoms. The minimum absolute atomic E-state index is 0.0155. The molecule has 2 rings (SSSR count). The van der Waals surface area contributed by atoms with Gasteiger partial charge in [0.2, 0.25) is 0 Å². The Balaban J connectivity index is 2.20. The van der Waals surface area contributed by atoms with Gasteiger partial charge in [-0.2, -0.15) is 13.2 Å². The summed E-state index contributed by atoms with van der Waals surface area (Å²) >= 11 is 1.00. The van der Waals surface area contributed by atoms with Gasteiger partial charge in [0.15, 0.2) is 0 Å². The van der Waals surface area contributed by atoms with Gasteiger partial charge in [-0.05, 0) is 25.1 Å². The van der Waals surface area contributed by atoms with E-state index in [0.717, 1.165) is 23.5 Å². The zero-order valence-corrected chi connectivity index (χ0v) is 11.9. The number of thiophene rings is 1. The fraction of sp³-hybridized carbons (Fsp3) is 0.154. The largest absolute Gasteiger partial charge is 0.478 e. The highest BCUT2D eigenvalue weighted by molar-refractivity contribution is 7.14. The first-order valence-electron chi connectivity index (χ1n) is 5.86. The fourth-order valence-electron chi connectivity index (χ4n) is 1.65. The van der Waals surface area contributed by atoms with Crippen molar-refractivity contribution in [2.45, 2.75) is 13.1 Å². The number of nitrogens with one attached hydrogen (secondary N) is 1. The van der Waals surface area contributed by atoms with Crippen molar-refractivity contribution in [1.29, 1.82) is 0 Å². The standard InChI is InChI=1S/C13H9F3N2O3S/c1-6-8(2-3-9(17-6)13(14,15)16)11(19)18-10-4-7(5-22-10)12(20)21/h2-5H,1H3,(H,18,19)(H,20,21). The van der Waals surface area contributed by atoms with Crippen LogP contribution in [-0.4, -0.2) is 22.0 Å². The summed E-state index contributed by atoms with van der Waals surface area (Å²) < 4.78 is 37.5. The second-order valence-corrected chi connectivity index (χ2v) is 5.20. The number of aromatic carboxylic acids is 1. The van der Waals surface area contributed by atoms with Crippen molar-refractivity contribution in [3.63, 3.8) is 0 Å². The number of alkyl halides is 3. The number of anilines is 1. The van der Waals surface area contributed by atoms with E-state index in [1.807, 2.05) is 0 Å². The van der Waals surface area contributed by atoms with E-state index < -0.39 is 23.7 Å². The van der Waals surface area contributed by atoms with E-state index in [0.29, 0.717) is 0 Å². The number of halogens is 3. The van der Waals surface area contributed by atoms with Crippen molar-refractivity contribution >= 4 is 28.2 Å². The van der Waals surface area contributed by atoms with Gasteiger partial charge in [-0.1, -0.05) is 0 Å². The van der Waals surface area contributed by atoms with Crippen LogP contribution >= 0.6 is 11.3 Å². The van der Waals surface area contributed by atoms with Crippen molar-refractivity contribution < 1.29 is 27.9 Å². The zero-order valence-electron chi connectivity index (χ0n) is 11.1. The van der Waals surface area contributed by atoms with Gasteiger partial charge < -0.3 is 10.4 Å². The van der Waals surface area contributed by atoms with Gasteiger partial charge in [0.1, 0.15) is 5.69 Å². The quantitative estimate of drug-likeness (QED) is 0.904. The van der Waals surface area contributed by atoms with Crippen molar-refractivity contribution in [1.82, 2.24) is 4.98 Å². The smallest absolute Gasteiger partial charge is 0.433 e. The first kappa shape index (κ1) is 16.0. The highest BCUT2D eigenvalue weighted by Gasteiger charge is 2.33. The van der Waals surface area contributed by atoms with E-state index in [9.17, 15) is 22.8 Å². The summed E-state index contributed by atoms with van der Waals surface area (Å²) in [6.07, 6.45) is -4.58. The summed E-state index contributed by atoms with van der Waals surface area (Å²) in [6, 6.07) is 3.02. The molecule has 0 fully saturated rings. The maximum Gasteiger partial charge on any atom is 0.433 e. The van der Waals surface area contributed by atoms with Crippen molar-refractivity contribution in [2.24, 2.45) is 0 Å². The number of hydrogen-bond acceptors (Lipinski definition) is 4. The van der Waals surface area contributed by atoms with Crippen LogP contribution in [0.25, 0.3) is 0 Å². The number of hydrogen-bond donors (Lipinski definition) is 2. The minimum Gasteiger partial charge on any atom is -0.478 e. The lowest BCUT2D eigenvalue weighted by atomic mass is 10.1. The topological polar surface area (TPSA) is 79.3 Å². The molecular formula is C13H9F3N2O3S. The van der Waals surface area contributed by atoms with Gasteiger partial charge in [0, 0.05) is 5.38 Å². The lowest BCUT2D eigenvalue weighted by molar-refractivity contribution is -0.141. The first-order valence-corrected chi connectivity index (χ1v) is 6.74. The zero-order chi connectivity index (χ0) is 16.5. The highest BCUT2D eigenvalue weighted by atomic mass is 32.1. The van der Waals surface area contributed by atoms with Crippen LogP contribution in [0.1, 0.15) is 32.1 Å². The predicted octanol–water partition coefficient (Wildman–Crippen LogP) is 3.42. The third-order valence-electron chi connectivity index (χ3n) is 2.70. The number of carboxylic acid groups (broad SMARTS) is 1. The molecule has 116 valence electrons. The molecule has 0 saturated heterocycles. The Hall–Kier alpha value is -2.42. The number of aromatic nitrogens is 1. The minimum atomic E-state index is -4.58. The van der Waals surface area contributed by atoms with Gasteiger partial charge in [0.05, 0.1) is 21.8 Å². The number of pyridine rings is 1. The average Bonchev–Trinajstić information content (AvgIpc) is 2.86. The van der Waals surface area contributed by atoms with Crippen LogP contribution in [0, 0.1) is 6.92 Å². The summed E-state index contributed by atoms with van der Waals surface area (Å²) in [7, 11) is 0. The number of carboxylic acids is 1. The van der Waals surface area contributed by atoms with Crippen molar-refractivity contribution in [2.75, 3.05) is 5.32 Å². The third kappa shape index (κ3) is 3.42. The highest BCUT2D eigenvalue weighted by Crippen LogP contribution is 2.28. The van der Waals surface area contributed by atoms with Gasteiger partial charge in [0.25, 0.3) is 5.91 Å². The number of aryl methyl sites for hydroxylation is 1. The number of carbonyl (C=O) groups is 2. The van der Waals surface area contributed by atoms with E-state index >= 15 is 0 Å². The molecule has 0 aliphatic rings. The summed E-state index contributed by atoms with van der Waals surface area (Å²) in [4.78, 5) is 26.1. The maximum absolute atomic E-state index is 12.5. The Bertz CT molecular complexity index is 740. The van der Waals surface area contributed by atoms with E-state index in [2.05, 4.69) is 10.3 Å². The van der Waals surface area contributed by atoms with Crippen LogP contribution in [0.15, 0.2) is 23.6 Å². The Labute approximate surface area is 126 Å². The number of rotatable bonds is 3. The summed E-state index contributed by atoms with van der Waals surface area (Å²) in [5.74, 6) is -1.79. The Morgan fingerprint density at radius 1 is 1.32 bits per heavy atom. The Morgan fingerprint density at radius 3 is 2.50 bits per heavy atom. The fourth-order valence-corrected chi connectivity index (χ4v) is 2.42. The SMILES string of the molecule is Cc1nc(C(F)(F)F)ccc1C(=O)Nc1cc(C(=O)O)cs1. The van der Waals surface area contributed by atoms with Crippen LogP contribution in [-0.2, 0) is 6.18 Å². The van der Waals surface area contributed by atoms with Crippen LogP contribution in [0.4, 0.5) is 18.2 Å². The molecule has 0 bridgehead atoms. The Morgan fingerprint density at radius 2 is 2.00 bits per heavy atom. The number of amides is 1. The number of nitrogens with zero attached hydrogens (tertiary/aromatic N) is 1. The molecule has 2 aromatic heterocycles. The second kappa shape index (κ2) is 5.76. The summed E-state index contributed by atoms with van der Waals surface area (Å²) in [5.41, 5.74) is -1.14. The lowest BCUT2D eigenvalue weighted by Crippen LogP contribution is -2.16. The van der Waals surface area contributed by atoms with Crippen LogP contribution in [0.2, 0.25) is 0 Å². The normalized spacial score (nSPS) is 11.3. The van der Waals surface area contributed by atoms with E-state index in [1.165, 1.54) is 18.4 Å². The van der Waals surface area contributed by atoms with E-state index in [4.69, 9.17) is 5.11 Å². The van der Waals surface area contributed by atoms with Gasteiger partial charge in [-0.15, -0.1) is 11.3 Å². The van der Waals surface area contributed by atoms with E-state index in [-0.39, 0.29) is 21.8 Å². The molecule has 2 heterocycles. The molecule has 0 unspecified atom stereocenters. The molecule has 0 aliphatic heterocycles. The molecule has 2 N–H and O–H groups in total. The third-order valence-corrected chi connectivity index (χ3v) is 3.55. The molecule has 0 aromatic carbocycles. The van der Waals surface area contributed by atoms with Crippen LogP contribution in [0.5, 0.6) is 0 Å². The van der Waals surface area contributed by atoms with Crippen molar-refractivity contribution in [3.8, 4) is 0 Å². The summed E-state index contributed by atoms with van der Waals surface area (Å²) in [6.45, 7) is 1.29. The van der Waals surface area contributed by atoms with Gasteiger partial charge in [-0.25, -0.2) is 9.78 Å². The molecule has 9 heteroatoms. The molecule has 0 spiro atoms. The molecular weight excluding hydrogens is 321 g/mol. The van der Waals surface area contributed by atoms with Gasteiger partial charge in [-0.3, -0.25) is 4.79 Å². The average molecular weight is 330 g/mol. The monoisotopic (exact) mass is 330 g/mol. The Kier molecular flexibility index (Phi) is 4.18. The molecule has 0 saturated carbocycles. The molecule has 0 atom stereocenters. The number of carbonyl (C=O) groups excluding carboxylic acids is 1. The molecule has 1 amide bonds. The molecule has 5 nitrogen and oxygen atoms in total. The van der Waals surface area contributed by atoms with Gasteiger partial charge >= 0.3 is 12.1 Å². The lowest BCUT2D eigenvalue weighted by Gasteiger charge is -2.09. The van der Waals surface area contributed by atoms with E-state index in [1.54, 1.807) is 0 Å². The predicted molar refractivity (Wildman–Crippen MR) is 73.2 cm³/mol. The van der Waals surface area contributed by atoms with Crippen LogP contribution < -0.4 is 5.32 Å². The second-order valence-electron chi connectivity index (χ2n) is 4.29. The maximum atomic E-state index is 12.5. The summed E-state index contributed by atoms with van der Waals surface area (Å²) in [5, 5.41) is 12.8. The first-order chi connectivity index (χ1) is 10.2.